The number of amidine groups is 1. The maximum absolute atomic E-state index is 5.08. The number of rotatable bonds is 2. The van der Waals surface area contributed by atoms with Gasteiger partial charge in [0.25, 0.3) is 0 Å². The number of anilines is 1. The molecule has 4 rings (SSSR count). The van der Waals surface area contributed by atoms with E-state index in [1.54, 1.807) is 0 Å². The van der Waals surface area contributed by atoms with Crippen molar-refractivity contribution in [3.05, 3.63) is 65.2 Å². The van der Waals surface area contributed by atoms with Crippen molar-refractivity contribution in [1.29, 1.82) is 0 Å². The van der Waals surface area contributed by atoms with Gasteiger partial charge < -0.3 is 10.2 Å². The van der Waals surface area contributed by atoms with Crippen LogP contribution in [-0.2, 0) is 13.0 Å². The number of hydrogen-bond donors (Lipinski definition) is 1. The molecule has 3 nitrogen and oxygen atoms in total. The van der Waals surface area contributed by atoms with Gasteiger partial charge in [-0.3, -0.25) is 4.99 Å². The van der Waals surface area contributed by atoms with Gasteiger partial charge in [-0.15, -0.1) is 0 Å². The minimum Gasteiger partial charge on any atom is -0.343 e. The van der Waals surface area contributed by atoms with E-state index in [9.17, 15) is 0 Å². The molecule has 2 aromatic carbocycles. The second-order valence-corrected chi connectivity index (χ2v) is 7.70. The van der Waals surface area contributed by atoms with E-state index < -0.39 is 0 Å². The van der Waals surface area contributed by atoms with Crippen molar-refractivity contribution < 1.29 is 0 Å². The number of para-hydroxylation sites is 1. The van der Waals surface area contributed by atoms with Crippen LogP contribution in [0.1, 0.15) is 29.5 Å². The molecule has 0 atom stereocenters. The van der Waals surface area contributed by atoms with Crippen LogP contribution in [0.5, 0.6) is 0 Å². The molecule has 2 heterocycles. The summed E-state index contributed by atoms with van der Waals surface area (Å²) in [6, 6.07) is 17.4. The number of aryl methyl sites for hydroxylation is 1. The van der Waals surface area contributed by atoms with Crippen molar-refractivity contribution in [2.45, 2.75) is 32.7 Å². The predicted octanol–water partition coefficient (Wildman–Crippen LogP) is 4.27. The van der Waals surface area contributed by atoms with E-state index in [-0.39, 0.29) is 5.41 Å². The zero-order chi connectivity index (χ0) is 17.3. The van der Waals surface area contributed by atoms with E-state index in [4.69, 9.17) is 4.99 Å². The zero-order valence-electron chi connectivity index (χ0n) is 15.3. The van der Waals surface area contributed by atoms with Gasteiger partial charge in [-0.1, -0.05) is 48.0 Å². The van der Waals surface area contributed by atoms with Gasteiger partial charge >= 0.3 is 0 Å². The number of benzene rings is 2. The van der Waals surface area contributed by atoms with Crippen molar-refractivity contribution in [1.82, 2.24) is 4.90 Å². The molecule has 0 bridgehead atoms. The number of hydrogen-bond acceptors (Lipinski definition) is 2. The lowest BCUT2D eigenvalue weighted by Crippen LogP contribution is -2.49. The summed E-state index contributed by atoms with van der Waals surface area (Å²) in [4.78, 5) is 7.52. The highest BCUT2D eigenvalue weighted by atomic mass is 15.1. The Balaban J connectivity index is 1.66. The average Bonchev–Trinajstić information content (AvgIpc) is 2.62. The number of aliphatic imine (C=N–C) groups is 1. The Bertz CT molecular complexity index is 785. The minimum absolute atomic E-state index is 0.171. The smallest absolute Gasteiger partial charge is 0.108 e. The molecule has 0 unspecified atom stereocenters. The van der Waals surface area contributed by atoms with Crippen LogP contribution < -0.4 is 5.32 Å². The van der Waals surface area contributed by atoms with E-state index in [1.807, 2.05) is 0 Å². The van der Waals surface area contributed by atoms with Crippen molar-refractivity contribution in [2.75, 3.05) is 25.5 Å². The summed E-state index contributed by atoms with van der Waals surface area (Å²) < 4.78 is 0. The number of fused-ring (bicyclic) bond motifs is 1. The highest BCUT2D eigenvalue weighted by Gasteiger charge is 2.41. The van der Waals surface area contributed by atoms with E-state index in [1.165, 1.54) is 41.1 Å². The van der Waals surface area contributed by atoms with Gasteiger partial charge in [-0.05, 0) is 63.5 Å². The Kier molecular flexibility index (Phi) is 4.34. The summed E-state index contributed by atoms with van der Waals surface area (Å²) in [5, 5.41) is 3.69. The normalized spacial score (nSPS) is 21.1. The third kappa shape index (κ3) is 3.34. The monoisotopic (exact) mass is 333 g/mol. The molecule has 1 saturated heterocycles. The summed E-state index contributed by atoms with van der Waals surface area (Å²) in [7, 11) is 2.22. The Morgan fingerprint density at radius 3 is 2.68 bits per heavy atom. The van der Waals surface area contributed by atoms with Crippen molar-refractivity contribution in [2.24, 2.45) is 10.4 Å². The highest BCUT2D eigenvalue weighted by Crippen LogP contribution is 2.42. The molecule has 2 aliphatic rings. The molecule has 0 saturated carbocycles. The number of piperidine rings is 1. The Labute approximate surface area is 150 Å². The van der Waals surface area contributed by atoms with Gasteiger partial charge in [0.1, 0.15) is 5.84 Å². The van der Waals surface area contributed by atoms with Crippen LogP contribution in [0.2, 0.25) is 0 Å². The van der Waals surface area contributed by atoms with Crippen LogP contribution in [0.25, 0.3) is 0 Å². The lowest BCUT2D eigenvalue weighted by Gasteiger charge is -2.45. The molecule has 25 heavy (non-hydrogen) atoms. The first-order chi connectivity index (χ1) is 12.1. The first kappa shape index (κ1) is 16.3. The standard InChI is InChI=1S/C22H27N3/c1-17-6-5-7-18(14-17)16-23-21-22(10-12-25(2)13-11-22)15-19-8-3-4-9-20(19)24-21/h3-9,14H,10-13,15-16H2,1-2H3,(H,23,24). The number of nitrogens with one attached hydrogen (secondary N) is 1. The quantitative estimate of drug-likeness (QED) is 0.888. The average molecular weight is 333 g/mol. The Hall–Kier alpha value is -2.13. The molecule has 0 aromatic heterocycles. The molecule has 1 fully saturated rings. The van der Waals surface area contributed by atoms with Crippen LogP contribution >= 0.6 is 0 Å². The molecular formula is C22H27N3. The van der Waals surface area contributed by atoms with E-state index in [0.29, 0.717) is 0 Å². The SMILES string of the molecule is Cc1cccc(CN=C2Nc3ccccc3CC23CCN(C)CC3)c1. The first-order valence-corrected chi connectivity index (χ1v) is 9.29. The van der Waals surface area contributed by atoms with Gasteiger partial charge in [0.15, 0.2) is 0 Å². The molecule has 3 heteroatoms. The molecular weight excluding hydrogens is 306 g/mol. The number of likely N-dealkylation sites (tertiary alicyclic amines) is 1. The Morgan fingerprint density at radius 1 is 1.08 bits per heavy atom. The fraction of sp³-hybridized carbons (Fsp3) is 0.409. The first-order valence-electron chi connectivity index (χ1n) is 9.29. The summed E-state index contributed by atoms with van der Waals surface area (Å²) in [5.74, 6) is 1.20. The lowest BCUT2D eigenvalue weighted by molar-refractivity contribution is 0.178. The summed E-state index contributed by atoms with van der Waals surface area (Å²) >= 11 is 0. The molecule has 1 spiro atoms. The third-order valence-electron chi connectivity index (χ3n) is 5.75. The van der Waals surface area contributed by atoms with Crippen LogP contribution in [0, 0.1) is 12.3 Å². The van der Waals surface area contributed by atoms with Crippen molar-refractivity contribution in [3.63, 3.8) is 0 Å². The van der Waals surface area contributed by atoms with Crippen LogP contribution in [0.3, 0.4) is 0 Å². The zero-order valence-corrected chi connectivity index (χ0v) is 15.3. The Morgan fingerprint density at radius 2 is 1.88 bits per heavy atom. The molecule has 2 aromatic rings. The topological polar surface area (TPSA) is 27.6 Å². The molecule has 0 aliphatic carbocycles. The molecule has 0 radical (unpaired) electrons. The summed E-state index contributed by atoms with van der Waals surface area (Å²) in [6.07, 6.45) is 3.46. The van der Waals surface area contributed by atoms with Crippen LogP contribution in [0.15, 0.2) is 53.5 Å². The second-order valence-electron chi connectivity index (χ2n) is 7.70. The van der Waals surface area contributed by atoms with Gasteiger partial charge in [-0.2, -0.15) is 0 Å². The van der Waals surface area contributed by atoms with E-state index in [0.717, 1.165) is 26.1 Å². The van der Waals surface area contributed by atoms with Gasteiger partial charge in [0.05, 0.1) is 6.54 Å². The number of nitrogens with zero attached hydrogens (tertiary/aromatic N) is 2. The maximum Gasteiger partial charge on any atom is 0.108 e. The van der Waals surface area contributed by atoms with Gasteiger partial charge in [0, 0.05) is 11.1 Å². The highest BCUT2D eigenvalue weighted by molar-refractivity contribution is 6.02. The fourth-order valence-corrected chi connectivity index (χ4v) is 4.15. The van der Waals surface area contributed by atoms with Crippen LogP contribution in [-0.4, -0.2) is 30.9 Å². The van der Waals surface area contributed by atoms with Crippen molar-refractivity contribution >= 4 is 11.5 Å². The predicted molar refractivity (Wildman–Crippen MR) is 105 cm³/mol. The van der Waals surface area contributed by atoms with Crippen molar-refractivity contribution in [3.8, 4) is 0 Å². The fourth-order valence-electron chi connectivity index (χ4n) is 4.15. The molecule has 0 amide bonds. The minimum atomic E-state index is 0.171. The largest absolute Gasteiger partial charge is 0.343 e. The molecule has 130 valence electrons. The van der Waals surface area contributed by atoms with E-state index in [2.05, 4.69) is 72.7 Å². The molecule has 2 aliphatic heterocycles. The molecule has 1 N–H and O–H groups in total. The van der Waals surface area contributed by atoms with Gasteiger partial charge in [-0.25, -0.2) is 0 Å². The third-order valence-corrected chi connectivity index (χ3v) is 5.75. The lowest BCUT2D eigenvalue weighted by atomic mass is 9.70. The van der Waals surface area contributed by atoms with E-state index >= 15 is 0 Å². The van der Waals surface area contributed by atoms with Gasteiger partial charge in [0.2, 0.25) is 0 Å². The maximum atomic E-state index is 5.08. The second kappa shape index (κ2) is 6.64. The summed E-state index contributed by atoms with van der Waals surface area (Å²) in [5.41, 5.74) is 5.42. The van der Waals surface area contributed by atoms with Crippen LogP contribution in [0.4, 0.5) is 5.69 Å². The summed E-state index contributed by atoms with van der Waals surface area (Å²) in [6.45, 7) is 5.19.